The Morgan fingerprint density at radius 2 is 2.10 bits per heavy atom. The summed E-state index contributed by atoms with van der Waals surface area (Å²) in [5.74, 6) is -0.852. The summed E-state index contributed by atoms with van der Waals surface area (Å²) in [5, 5.41) is 8.90. The summed E-state index contributed by atoms with van der Waals surface area (Å²) in [6.45, 7) is 4.85. The normalized spacial score (nSPS) is 22.1. The molecule has 0 saturated carbocycles. The van der Waals surface area contributed by atoms with Gasteiger partial charge >= 0.3 is 12.0 Å². The number of fused-ring (bicyclic) bond motifs is 1. The Morgan fingerprint density at radius 3 is 2.70 bits per heavy atom. The fourth-order valence-corrected chi connectivity index (χ4v) is 2.84. The van der Waals surface area contributed by atoms with Gasteiger partial charge in [-0.1, -0.05) is 0 Å². The molecule has 2 saturated heterocycles. The molecule has 112 valence electrons. The summed E-state index contributed by atoms with van der Waals surface area (Å²) in [4.78, 5) is 39.8. The number of carboxylic acid groups (broad SMARTS) is 1. The van der Waals surface area contributed by atoms with Gasteiger partial charge in [0.2, 0.25) is 5.91 Å². The molecule has 0 radical (unpaired) electrons. The lowest BCUT2D eigenvalue weighted by Gasteiger charge is -2.40. The van der Waals surface area contributed by atoms with E-state index in [-0.39, 0.29) is 30.6 Å². The molecule has 0 bridgehead atoms. The highest BCUT2D eigenvalue weighted by molar-refractivity contribution is 5.82. The molecule has 7 nitrogen and oxygen atoms in total. The van der Waals surface area contributed by atoms with Gasteiger partial charge in [-0.25, -0.2) is 4.79 Å². The molecular formula is C13H21N3O4. The first-order valence-electron chi connectivity index (χ1n) is 6.97. The first kappa shape index (κ1) is 14.6. The van der Waals surface area contributed by atoms with Crippen LogP contribution in [0.4, 0.5) is 4.79 Å². The SMILES string of the molecule is CC(C)N(CC(=O)O)C(=O)N1CCN2C(=O)CCC2C1. The van der Waals surface area contributed by atoms with Crippen LogP contribution in [0.3, 0.4) is 0 Å². The summed E-state index contributed by atoms with van der Waals surface area (Å²) >= 11 is 0. The number of hydrogen-bond donors (Lipinski definition) is 1. The van der Waals surface area contributed by atoms with E-state index in [4.69, 9.17) is 5.11 Å². The van der Waals surface area contributed by atoms with Crippen molar-refractivity contribution < 1.29 is 19.5 Å². The highest BCUT2D eigenvalue weighted by Crippen LogP contribution is 2.23. The third-order valence-electron chi connectivity index (χ3n) is 3.94. The van der Waals surface area contributed by atoms with Gasteiger partial charge in [-0.2, -0.15) is 0 Å². The number of rotatable bonds is 3. The van der Waals surface area contributed by atoms with Crippen LogP contribution in [-0.2, 0) is 9.59 Å². The third kappa shape index (κ3) is 2.86. The number of urea groups is 1. The van der Waals surface area contributed by atoms with E-state index in [9.17, 15) is 14.4 Å². The van der Waals surface area contributed by atoms with Crippen molar-refractivity contribution in [1.29, 1.82) is 0 Å². The van der Waals surface area contributed by atoms with Crippen LogP contribution in [-0.4, -0.2) is 76.0 Å². The molecule has 2 fully saturated rings. The summed E-state index contributed by atoms with van der Waals surface area (Å²) in [7, 11) is 0. The van der Waals surface area contributed by atoms with Crippen molar-refractivity contribution in [2.75, 3.05) is 26.2 Å². The number of nitrogens with zero attached hydrogens (tertiary/aromatic N) is 3. The van der Waals surface area contributed by atoms with Gasteiger partial charge in [0, 0.05) is 38.1 Å². The zero-order chi connectivity index (χ0) is 14.9. The van der Waals surface area contributed by atoms with Crippen molar-refractivity contribution in [2.24, 2.45) is 0 Å². The summed E-state index contributed by atoms with van der Waals surface area (Å²) in [6.07, 6.45) is 1.33. The first-order chi connectivity index (χ1) is 9.40. The fourth-order valence-electron chi connectivity index (χ4n) is 2.84. The van der Waals surface area contributed by atoms with Crippen molar-refractivity contribution in [3.8, 4) is 0 Å². The molecule has 1 unspecified atom stereocenters. The van der Waals surface area contributed by atoms with Crippen LogP contribution in [0.25, 0.3) is 0 Å². The van der Waals surface area contributed by atoms with Crippen molar-refractivity contribution in [1.82, 2.24) is 14.7 Å². The number of piperazine rings is 1. The molecule has 2 rings (SSSR count). The molecule has 20 heavy (non-hydrogen) atoms. The van der Waals surface area contributed by atoms with E-state index in [0.717, 1.165) is 6.42 Å². The first-order valence-corrected chi connectivity index (χ1v) is 6.97. The molecule has 1 N–H and O–H groups in total. The number of aliphatic carboxylic acids is 1. The molecular weight excluding hydrogens is 262 g/mol. The number of carbonyl (C=O) groups excluding carboxylic acids is 2. The second-order valence-corrected chi connectivity index (χ2v) is 5.62. The van der Waals surface area contributed by atoms with Crippen LogP contribution in [0.2, 0.25) is 0 Å². The van der Waals surface area contributed by atoms with Gasteiger partial charge in [-0.15, -0.1) is 0 Å². The van der Waals surface area contributed by atoms with E-state index in [1.54, 1.807) is 18.7 Å². The van der Waals surface area contributed by atoms with Crippen LogP contribution >= 0.6 is 0 Å². The second-order valence-electron chi connectivity index (χ2n) is 5.62. The maximum Gasteiger partial charge on any atom is 0.323 e. The number of carboxylic acids is 1. The molecule has 2 aliphatic heterocycles. The van der Waals surface area contributed by atoms with Gasteiger partial charge in [-0.05, 0) is 20.3 Å². The molecule has 0 aliphatic carbocycles. The van der Waals surface area contributed by atoms with Crippen molar-refractivity contribution >= 4 is 17.9 Å². The van der Waals surface area contributed by atoms with Gasteiger partial charge < -0.3 is 19.8 Å². The number of hydrogen-bond acceptors (Lipinski definition) is 3. The average molecular weight is 283 g/mol. The molecule has 2 aliphatic rings. The van der Waals surface area contributed by atoms with Gasteiger partial charge in [0.1, 0.15) is 6.54 Å². The van der Waals surface area contributed by atoms with E-state index in [2.05, 4.69) is 0 Å². The number of carbonyl (C=O) groups is 3. The van der Waals surface area contributed by atoms with Crippen LogP contribution in [0.1, 0.15) is 26.7 Å². The summed E-state index contributed by atoms with van der Waals surface area (Å²) < 4.78 is 0. The minimum Gasteiger partial charge on any atom is -0.480 e. The minimum atomic E-state index is -1.01. The fraction of sp³-hybridized carbons (Fsp3) is 0.769. The maximum atomic E-state index is 12.4. The maximum absolute atomic E-state index is 12.4. The largest absolute Gasteiger partial charge is 0.480 e. The summed E-state index contributed by atoms with van der Waals surface area (Å²) in [5.41, 5.74) is 0. The van der Waals surface area contributed by atoms with Gasteiger partial charge in [0.15, 0.2) is 0 Å². The Hall–Kier alpha value is -1.79. The van der Waals surface area contributed by atoms with Crippen LogP contribution in [0.5, 0.6) is 0 Å². The van der Waals surface area contributed by atoms with Crippen molar-refractivity contribution in [3.63, 3.8) is 0 Å². The topological polar surface area (TPSA) is 81.2 Å². The van der Waals surface area contributed by atoms with Gasteiger partial charge in [0.25, 0.3) is 0 Å². The predicted octanol–water partition coefficient (Wildman–Crippen LogP) is 0.208. The Morgan fingerprint density at radius 1 is 1.40 bits per heavy atom. The summed E-state index contributed by atoms with van der Waals surface area (Å²) in [6, 6.07) is -0.317. The quantitative estimate of drug-likeness (QED) is 0.802. The van der Waals surface area contributed by atoms with E-state index in [1.807, 2.05) is 4.90 Å². The smallest absolute Gasteiger partial charge is 0.323 e. The molecule has 2 heterocycles. The lowest BCUT2D eigenvalue weighted by molar-refractivity contribution is -0.138. The highest BCUT2D eigenvalue weighted by Gasteiger charge is 2.38. The van der Waals surface area contributed by atoms with Crippen molar-refractivity contribution in [2.45, 2.75) is 38.8 Å². The van der Waals surface area contributed by atoms with Crippen LogP contribution < -0.4 is 0 Å². The van der Waals surface area contributed by atoms with Gasteiger partial charge in [0.05, 0.1) is 0 Å². The minimum absolute atomic E-state index is 0.0963. The molecule has 0 aromatic carbocycles. The van der Waals surface area contributed by atoms with E-state index < -0.39 is 5.97 Å². The molecule has 0 aromatic rings. The molecule has 7 heteroatoms. The lowest BCUT2D eigenvalue weighted by Crippen LogP contribution is -2.57. The Balaban J connectivity index is 2.01. The number of amides is 3. The lowest BCUT2D eigenvalue weighted by atomic mass is 10.1. The van der Waals surface area contributed by atoms with Gasteiger partial charge in [-0.3, -0.25) is 9.59 Å². The highest BCUT2D eigenvalue weighted by atomic mass is 16.4. The molecule has 0 aromatic heterocycles. The molecule has 3 amide bonds. The standard InChI is InChI=1S/C13H21N3O4/c1-9(2)16(8-12(18)19)13(20)14-5-6-15-10(7-14)3-4-11(15)17/h9-10H,3-8H2,1-2H3,(H,18,19). The molecule has 1 atom stereocenters. The monoisotopic (exact) mass is 283 g/mol. The average Bonchev–Trinajstić information content (AvgIpc) is 2.76. The van der Waals surface area contributed by atoms with Crippen LogP contribution in [0, 0.1) is 0 Å². The Labute approximate surface area is 118 Å². The second kappa shape index (κ2) is 5.68. The van der Waals surface area contributed by atoms with E-state index >= 15 is 0 Å². The predicted molar refractivity (Wildman–Crippen MR) is 71.2 cm³/mol. The van der Waals surface area contributed by atoms with E-state index in [0.29, 0.717) is 26.1 Å². The third-order valence-corrected chi connectivity index (χ3v) is 3.94. The van der Waals surface area contributed by atoms with Crippen LogP contribution in [0.15, 0.2) is 0 Å². The van der Waals surface area contributed by atoms with E-state index in [1.165, 1.54) is 4.90 Å². The zero-order valence-electron chi connectivity index (χ0n) is 11.9. The Bertz CT molecular complexity index is 424. The Kier molecular flexibility index (Phi) is 4.15. The molecule has 0 spiro atoms. The van der Waals surface area contributed by atoms with Crippen molar-refractivity contribution in [3.05, 3.63) is 0 Å². The zero-order valence-corrected chi connectivity index (χ0v) is 11.9.